The lowest BCUT2D eigenvalue weighted by Gasteiger charge is -2.36. The van der Waals surface area contributed by atoms with E-state index in [0.29, 0.717) is 19.5 Å². The van der Waals surface area contributed by atoms with E-state index in [-0.39, 0.29) is 12.5 Å². The van der Waals surface area contributed by atoms with E-state index in [4.69, 9.17) is 10.5 Å². The number of hydrogen-bond acceptors (Lipinski definition) is 4. The highest BCUT2D eigenvalue weighted by molar-refractivity contribution is 5.68. The Morgan fingerprint density at radius 3 is 2.18 bits per heavy atom. The molecule has 0 aromatic carbocycles. The number of amides is 1. The Morgan fingerprint density at radius 1 is 1.18 bits per heavy atom. The molecule has 0 spiro atoms. The maximum absolute atomic E-state index is 12.7. The van der Waals surface area contributed by atoms with Gasteiger partial charge in [-0.05, 0) is 47.1 Å². The highest BCUT2D eigenvalue weighted by atomic mass is 19.3. The van der Waals surface area contributed by atoms with Gasteiger partial charge >= 0.3 is 6.09 Å². The third-order valence-corrected chi connectivity index (χ3v) is 3.71. The van der Waals surface area contributed by atoms with Crippen LogP contribution >= 0.6 is 0 Å². The van der Waals surface area contributed by atoms with Crippen LogP contribution in [0.25, 0.3) is 0 Å². The molecule has 1 atom stereocenters. The number of alkyl halides is 2. The standard InChI is InChI=1S/C15H29F2N3O2/c1-14(2,3)22-13(21)20-10-8-19(9-11-20)7-5-6-15(4,18)12(16)17/h12H,5-11,18H2,1-4H3. The van der Waals surface area contributed by atoms with E-state index in [1.54, 1.807) is 4.90 Å². The Morgan fingerprint density at radius 2 is 1.73 bits per heavy atom. The lowest BCUT2D eigenvalue weighted by molar-refractivity contribution is 0.0136. The first-order chi connectivity index (χ1) is 10.0. The van der Waals surface area contributed by atoms with E-state index in [2.05, 4.69) is 4.90 Å². The largest absolute Gasteiger partial charge is 0.444 e. The molecule has 0 aliphatic carbocycles. The van der Waals surface area contributed by atoms with E-state index in [9.17, 15) is 13.6 Å². The van der Waals surface area contributed by atoms with Crippen molar-refractivity contribution in [2.75, 3.05) is 32.7 Å². The van der Waals surface area contributed by atoms with Gasteiger partial charge in [0.05, 0.1) is 5.54 Å². The van der Waals surface area contributed by atoms with Crippen LogP contribution in [0.1, 0.15) is 40.5 Å². The molecule has 7 heteroatoms. The Kier molecular flexibility index (Phi) is 6.55. The van der Waals surface area contributed by atoms with Gasteiger partial charge in [0.2, 0.25) is 0 Å². The van der Waals surface area contributed by atoms with Crippen LogP contribution < -0.4 is 5.73 Å². The summed E-state index contributed by atoms with van der Waals surface area (Å²) >= 11 is 0. The predicted octanol–water partition coefficient (Wildman–Crippen LogP) is 2.30. The minimum absolute atomic E-state index is 0.289. The zero-order chi connectivity index (χ0) is 17.0. The fourth-order valence-corrected chi connectivity index (χ4v) is 2.27. The molecular formula is C15H29F2N3O2. The van der Waals surface area contributed by atoms with Crippen LogP contribution in [0.4, 0.5) is 13.6 Å². The second kappa shape index (κ2) is 7.55. The van der Waals surface area contributed by atoms with Crippen LogP contribution in [-0.4, -0.2) is 66.2 Å². The van der Waals surface area contributed by atoms with Crippen LogP contribution in [0.15, 0.2) is 0 Å². The van der Waals surface area contributed by atoms with Crippen molar-refractivity contribution in [3.63, 3.8) is 0 Å². The summed E-state index contributed by atoms with van der Waals surface area (Å²) in [6.45, 7) is 10.3. The average Bonchev–Trinajstić information content (AvgIpc) is 2.37. The van der Waals surface area contributed by atoms with Crippen molar-refractivity contribution in [3.05, 3.63) is 0 Å². The molecular weight excluding hydrogens is 292 g/mol. The van der Waals surface area contributed by atoms with Crippen molar-refractivity contribution in [1.82, 2.24) is 9.80 Å². The normalized spacial score (nSPS) is 20.1. The molecule has 0 aromatic heterocycles. The Hall–Kier alpha value is -0.950. The molecule has 0 saturated carbocycles. The van der Waals surface area contributed by atoms with E-state index in [1.807, 2.05) is 20.8 Å². The molecule has 0 radical (unpaired) electrons. The summed E-state index contributed by atoms with van der Waals surface area (Å²) in [7, 11) is 0. The molecule has 1 unspecified atom stereocenters. The molecule has 1 saturated heterocycles. The predicted molar refractivity (Wildman–Crippen MR) is 82.1 cm³/mol. The van der Waals surface area contributed by atoms with Crippen molar-refractivity contribution < 1.29 is 18.3 Å². The summed E-state index contributed by atoms with van der Waals surface area (Å²) in [5.74, 6) is 0. The Balaban J connectivity index is 2.27. The van der Waals surface area contributed by atoms with E-state index < -0.39 is 17.6 Å². The number of hydrogen-bond donors (Lipinski definition) is 1. The first-order valence-corrected chi connectivity index (χ1v) is 7.78. The Labute approximate surface area is 131 Å². The third-order valence-electron chi connectivity index (χ3n) is 3.71. The minimum atomic E-state index is -2.50. The molecule has 2 N–H and O–H groups in total. The van der Waals surface area contributed by atoms with Gasteiger partial charge in [0.25, 0.3) is 6.43 Å². The molecule has 0 aromatic rings. The molecule has 5 nitrogen and oxygen atoms in total. The molecule has 1 amide bonds. The lowest BCUT2D eigenvalue weighted by atomic mass is 9.98. The number of carbonyl (C=O) groups excluding carboxylic acids is 1. The van der Waals surface area contributed by atoms with Crippen molar-refractivity contribution in [2.45, 2.75) is 58.1 Å². The molecule has 130 valence electrons. The molecule has 1 aliphatic rings. The number of carbonyl (C=O) groups is 1. The van der Waals surface area contributed by atoms with Gasteiger partial charge in [-0.15, -0.1) is 0 Å². The van der Waals surface area contributed by atoms with Crippen LogP contribution in [-0.2, 0) is 4.74 Å². The molecule has 1 heterocycles. The summed E-state index contributed by atoms with van der Waals surface area (Å²) in [4.78, 5) is 15.8. The van der Waals surface area contributed by atoms with E-state index >= 15 is 0 Å². The number of nitrogens with zero attached hydrogens (tertiary/aromatic N) is 2. The number of ether oxygens (including phenoxy) is 1. The lowest BCUT2D eigenvalue weighted by Crippen LogP contribution is -2.50. The van der Waals surface area contributed by atoms with Crippen molar-refractivity contribution in [3.8, 4) is 0 Å². The van der Waals surface area contributed by atoms with Crippen molar-refractivity contribution in [1.29, 1.82) is 0 Å². The average molecular weight is 321 g/mol. The molecule has 22 heavy (non-hydrogen) atoms. The van der Waals surface area contributed by atoms with Gasteiger partial charge in [-0.25, -0.2) is 13.6 Å². The molecule has 0 bridgehead atoms. The summed E-state index contributed by atoms with van der Waals surface area (Å²) in [6, 6.07) is 0. The van der Waals surface area contributed by atoms with Gasteiger partial charge in [0.15, 0.2) is 0 Å². The van der Waals surface area contributed by atoms with Crippen LogP contribution in [0.5, 0.6) is 0 Å². The summed E-state index contributed by atoms with van der Waals surface area (Å²) < 4.78 is 30.6. The third kappa shape index (κ3) is 6.44. The van der Waals surface area contributed by atoms with E-state index in [1.165, 1.54) is 6.92 Å². The fourth-order valence-electron chi connectivity index (χ4n) is 2.27. The van der Waals surface area contributed by atoms with Gasteiger partial charge in [-0.3, -0.25) is 4.90 Å². The number of nitrogens with two attached hydrogens (primary N) is 1. The van der Waals surface area contributed by atoms with Crippen LogP contribution in [0, 0.1) is 0 Å². The number of rotatable bonds is 5. The van der Waals surface area contributed by atoms with Gasteiger partial charge in [-0.1, -0.05) is 0 Å². The second-order valence-electron chi connectivity index (χ2n) is 7.22. The molecule has 1 rings (SSSR count). The minimum Gasteiger partial charge on any atom is -0.444 e. The summed E-state index contributed by atoms with van der Waals surface area (Å²) in [6.07, 6.45) is -1.88. The number of halogens is 2. The van der Waals surface area contributed by atoms with Crippen LogP contribution in [0.2, 0.25) is 0 Å². The number of piperazine rings is 1. The highest BCUT2D eigenvalue weighted by Crippen LogP contribution is 2.19. The molecule has 1 aliphatic heterocycles. The molecule has 1 fully saturated rings. The fraction of sp³-hybridized carbons (Fsp3) is 0.933. The topological polar surface area (TPSA) is 58.8 Å². The van der Waals surface area contributed by atoms with Crippen LogP contribution in [0.3, 0.4) is 0 Å². The monoisotopic (exact) mass is 321 g/mol. The first kappa shape index (κ1) is 19.1. The van der Waals surface area contributed by atoms with Gasteiger partial charge in [-0.2, -0.15) is 0 Å². The smallest absolute Gasteiger partial charge is 0.410 e. The highest BCUT2D eigenvalue weighted by Gasteiger charge is 2.30. The van der Waals surface area contributed by atoms with E-state index in [0.717, 1.165) is 19.6 Å². The zero-order valence-electron chi connectivity index (χ0n) is 14.1. The van der Waals surface area contributed by atoms with Gasteiger partial charge < -0.3 is 15.4 Å². The zero-order valence-corrected chi connectivity index (χ0v) is 14.1. The first-order valence-electron chi connectivity index (χ1n) is 7.78. The SMILES string of the molecule is CC(C)(C)OC(=O)N1CCN(CCCC(C)(N)C(F)F)CC1. The second-order valence-corrected chi connectivity index (χ2v) is 7.22. The summed E-state index contributed by atoms with van der Waals surface area (Å²) in [5.41, 5.74) is 3.65. The van der Waals surface area contributed by atoms with Crippen molar-refractivity contribution in [2.24, 2.45) is 5.73 Å². The van der Waals surface area contributed by atoms with Crippen molar-refractivity contribution >= 4 is 6.09 Å². The summed E-state index contributed by atoms with van der Waals surface area (Å²) in [5, 5.41) is 0. The quantitative estimate of drug-likeness (QED) is 0.844. The maximum atomic E-state index is 12.7. The van der Waals surface area contributed by atoms with Gasteiger partial charge in [0, 0.05) is 26.2 Å². The Bertz CT molecular complexity index is 362. The van der Waals surface area contributed by atoms with Gasteiger partial charge in [0.1, 0.15) is 5.60 Å². The maximum Gasteiger partial charge on any atom is 0.410 e.